The van der Waals surface area contributed by atoms with Crippen molar-refractivity contribution in [2.45, 2.75) is 285 Å². The molecule has 0 unspecified atom stereocenters. The van der Waals surface area contributed by atoms with E-state index in [1.165, 1.54) is 227 Å². The predicted octanol–water partition coefficient (Wildman–Crippen LogP) is 21.2. The van der Waals surface area contributed by atoms with E-state index in [2.05, 4.69) is 93.5 Å². The van der Waals surface area contributed by atoms with Crippen LogP contribution in [0, 0.1) is 41.5 Å². The van der Waals surface area contributed by atoms with E-state index in [-0.39, 0.29) is 0 Å². The molecule has 0 atom stereocenters. The first kappa shape index (κ1) is 57.1. The third kappa shape index (κ3) is 22.9. The Morgan fingerprint density at radius 3 is 0.841 bits per heavy atom. The Kier molecular flexibility index (Phi) is 32.8. The van der Waals surface area contributed by atoms with E-state index < -0.39 is 0 Å². The zero-order chi connectivity index (χ0) is 46.1. The van der Waals surface area contributed by atoms with Crippen LogP contribution in [0.1, 0.15) is 278 Å². The number of rotatable bonds is 36. The van der Waals surface area contributed by atoms with E-state index in [4.69, 9.17) is 0 Å². The molecule has 2 aromatic carbocycles. The van der Waals surface area contributed by atoms with E-state index in [9.17, 15) is 5.53 Å². The maximum absolute atomic E-state index is 11.7. The van der Waals surface area contributed by atoms with E-state index >= 15 is 0 Å². The van der Waals surface area contributed by atoms with Gasteiger partial charge in [0, 0.05) is 22.3 Å². The van der Waals surface area contributed by atoms with Crippen molar-refractivity contribution in [1.29, 1.82) is 0 Å². The van der Waals surface area contributed by atoms with Crippen LogP contribution in [-0.4, -0.2) is 4.70 Å². The number of allylic oxidation sites excluding steroid dienone is 2. The van der Waals surface area contributed by atoms with Crippen LogP contribution in [0.2, 0.25) is 10.8 Å². The van der Waals surface area contributed by atoms with Crippen molar-refractivity contribution in [2.75, 3.05) is 0 Å². The summed E-state index contributed by atoms with van der Waals surface area (Å²) in [6.07, 6.45) is 44.8. The normalized spacial score (nSPS) is 12.9. The molecule has 2 aromatic rings. The third-order valence-electron chi connectivity index (χ3n) is 14.0. The number of hydrogen-bond acceptors (Lipinski definition) is 0. The van der Waals surface area contributed by atoms with Crippen molar-refractivity contribution in [3.63, 3.8) is 0 Å². The molecule has 362 valence electrons. The van der Waals surface area contributed by atoms with Gasteiger partial charge in [-0.1, -0.05) is 66.2 Å². The second kappa shape index (κ2) is 36.2. The van der Waals surface area contributed by atoms with Crippen LogP contribution in [0.5, 0.6) is 0 Å². The third-order valence-corrected chi connectivity index (χ3v) is 15.4. The average molecular weight is 910 g/mol. The molecule has 1 aliphatic rings. The van der Waals surface area contributed by atoms with Gasteiger partial charge in [0.15, 0.2) is 0 Å². The standard InChI is InChI=1S/C30H40N2.2C15H31.Ni/c1-9-11-13-27-28(14-12-10-2)30(26-17-21(5)24(8)22(6)18-26)32(31)29(27)25-15-19(3)23(7)20(4)16-25;2*1-3-5-7-9-11-13-15-14-12-10-8-6-4-2;/h15-18H,9-14H2,1-8H3;2*1,3-15H2,2H3;. The Morgan fingerprint density at radius 1 is 0.349 bits per heavy atom. The van der Waals surface area contributed by atoms with Gasteiger partial charge in [0.1, 0.15) is 0 Å². The zero-order valence-electron chi connectivity index (χ0n) is 43.6. The van der Waals surface area contributed by atoms with Crippen LogP contribution in [0.4, 0.5) is 0 Å². The quantitative estimate of drug-likeness (QED) is 0.0370. The van der Waals surface area contributed by atoms with E-state index in [1.54, 1.807) is 0 Å². The van der Waals surface area contributed by atoms with Crippen molar-refractivity contribution in [2.24, 2.45) is 0 Å². The molecule has 0 spiro atoms. The van der Waals surface area contributed by atoms with Crippen LogP contribution >= 0.6 is 0 Å². The van der Waals surface area contributed by atoms with Gasteiger partial charge in [-0.25, -0.2) is 4.70 Å². The fourth-order valence-corrected chi connectivity index (χ4v) is 10.5. The first-order chi connectivity index (χ1) is 30.6. The summed E-state index contributed by atoms with van der Waals surface area (Å²) < 4.78 is 1.52. The summed E-state index contributed by atoms with van der Waals surface area (Å²) in [5.41, 5.74) is 26.4. The second-order valence-corrected chi connectivity index (χ2v) is 21.1. The number of aryl methyl sites for hydroxylation is 4. The molecule has 0 amide bonds. The van der Waals surface area contributed by atoms with Gasteiger partial charge >= 0.3 is 166 Å². The summed E-state index contributed by atoms with van der Waals surface area (Å²) in [5.74, 6) is 0. The smallest absolute Gasteiger partial charge is 0.0654 e. The molecule has 2 nitrogen and oxygen atoms in total. The predicted molar refractivity (Wildman–Crippen MR) is 279 cm³/mol. The summed E-state index contributed by atoms with van der Waals surface area (Å²) in [5, 5.41) is 2.87. The Morgan fingerprint density at radius 2 is 0.587 bits per heavy atom. The molecule has 0 N–H and O–H groups in total. The maximum atomic E-state index is 11.7. The van der Waals surface area contributed by atoms with Gasteiger partial charge in [-0.05, 0) is 125 Å². The van der Waals surface area contributed by atoms with Gasteiger partial charge in [0.25, 0.3) is 0 Å². The SMILES string of the molecule is CCCCC1=C(c2cc(C)c(C)c(C)c2)[N+](=[N-])C(c2cc(C)c(C)c(C)c2)=C1CCCC.CCCCCCCCCCCCCC[CH2][Ni][CH2]CCCCCCCCCCCCCC. The van der Waals surface area contributed by atoms with E-state index in [0.717, 1.165) is 61.0 Å². The van der Waals surface area contributed by atoms with Crippen molar-refractivity contribution < 1.29 is 19.1 Å². The molecule has 63 heavy (non-hydrogen) atoms. The summed E-state index contributed by atoms with van der Waals surface area (Å²) in [6, 6.07) is 9.00. The molecule has 0 bridgehead atoms. The minimum atomic E-state index is 0.988. The molecule has 1 aliphatic heterocycles. The summed E-state index contributed by atoms with van der Waals surface area (Å²) >= 11 is 2.04. The number of hydrogen-bond donors (Lipinski definition) is 0. The van der Waals surface area contributed by atoms with Gasteiger partial charge in [0.2, 0.25) is 11.4 Å². The van der Waals surface area contributed by atoms with E-state index in [1.807, 2.05) is 14.4 Å². The van der Waals surface area contributed by atoms with Gasteiger partial charge in [-0.3, -0.25) is 0 Å². The zero-order valence-corrected chi connectivity index (χ0v) is 44.5. The molecular weight excluding hydrogens is 807 g/mol. The van der Waals surface area contributed by atoms with Crippen molar-refractivity contribution in [1.82, 2.24) is 0 Å². The van der Waals surface area contributed by atoms with Crippen LogP contribution < -0.4 is 0 Å². The minimum absolute atomic E-state index is 0.988. The fraction of sp³-hybridized carbons (Fsp3) is 0.733. The van der Waals surface area contributed by atoms with Crippen LogP contribution in [-0.2, 0) is 14.4 Å². The van der Waals surface area contributed by atoms with Crippen molar-refractivity contribution in [3.05, 3.63) is 85.5 Å². The first-order valence-electron chi connectivity index (χ1n) is 27.2. The molecular formula is C60H102N2Ni. The van der Waals surface area contributed by atoms with Crippen molar-refractivity contribution >= 4 is 11.4 Å². The van der Waals surface area contributed by atoms with Crippen LogP contribution in [0.15, 0.2) is 35.4 Å². The minimum Gasteiger partial charge on any atom is -0.0654 e. The van der Waals surface area contributed by atoms with Crippen molar-refractivity contribution in [3.8, 4) is 0 Å². The molecule has 0 saturated heterocycles. The van der Waals surface area contributed by atoms with Crippen LogP contribution in [0.25, 0.3) is 16.9 Å². The number of unbranched alkanes of at least 4 members (excludes halogenated alkanes) is 26. The van der Waals surface area contributed by atoms with Gasteiger partial charge in [0.05, 0.1) is 0 Å². The summed E-state index contributed by atoms with van der Waals surface area (Å²) in [6.45, 7) is 22.2. The average Bonchev–Trinajstić information content (AvgIpc) is 3.55. The van der Waals surface area contributed by atoms with Gasteiger partial charge in [-0.2, -0.15) is 0 Å². The second-order valence-electron chi connectivity index (χ2n) is 19.6. The summed E-state index contributed by atoms with van der Waals surface area (Å²) in [4.78, 5) is 0. The Hall–Kier alpha value is -1.99. The topological polar surface area (TPSA) is 25.3 Å². The summed E-state index contributed by atoms with van der Waals surface area (Å²) in [7, 11) is 0. The Balaban J connectivity index is 0.000000434. The molecule has 3 heteroatoms. The molecule has 0 saturated carbocycles. The number of benzene rings is 2. The molecule has 3 rings (SSSR count). The molecule has 1 heterocycles. The first-order valence-corrected chi connectivity index (χ1v) is 28.6. The van der Waals surface area contributed by atoms with Gasteiger partial charge < -0.3 is 5.53 Å². The molecule has 0 fully saturated rings. The monoisotopic (exact) mass is 909 g/mol. The van der Waals surface area contributed by atoms with E-state index in [0.29, 0.717) is 0 Å². The number of nitrogens with zero attached hydrogens (tertiary/aromatic N) is 2. The van der Waals surface area contributed by atoms with Crippen LogP contribution in [0.3, 0.4) is 0 Å². The fourth-order valence-electron chi connectivity index (χ4n) is 9.27. The van der Waals surface area contributed by atoms with Gasteiger partial charge in [-0.15, -0.1) is 0 Å². The molecule has 0 aromatic heterocycles. The molecule has 0 radical (unpaired) electrons. The Labute approximate surface area is 399 Å². The molecule has 0 aliphatic carbocycles. The Bertz CT molecular complexity index is 1430.